The molecule has 0 bridgehead atoms. The Kier molecular flexibility index (Phi) is 3.33. The first kappa shape index (κ1) is 13.9. The molecule has 1 aliphatic rings. The van der Waals surface area contributed by atoms with Crippen molar-refractivity contribution in [3.05, 3.63) is 41.5 Å². The summed E-state index contributed by atoms with van der Waals surface area (Å²) in [6, 6.07) is 5.72. The maximum atomic E-state index is 12.5. The maximum absolute atomic E-state index is 12.5. The zero-order valence-corrected chi connectivity index (χ0v) is 12.8. The molecule has 1 N–H and O–H groups in total. The van der Waals surface area contributed by atoms with Crippen molar-refractivity contribution < 1.29 is 9.32 Å². The first-order valence-corrected chi connectivity index (χ1v) is 7.73. The summed E-state index contributed by atoms with van der Waals surface area (Å²) in [6.45, 7) is 3.18. The van der Waals surface area contributed by atoms with Crippen LogP contribution in [0.25, 0.3) is 11.0 Å². The minimum Gasteiger partial charge on any atom is -0.361 e. The lowest BCUT2D eigenvalue weighted by atomic mass is 9.94. The first-order valence-electron chi connectivity index (χ1n) is 7.73. The number of piperidine rings is 1. The highest BCUT2D eigenvalue weighted by Crippen LogP contribution is 2.27. The van der Waals surface area contributed by atoms with Gasteiger partial charge in [0.1, 0.15) is 5.76 Å². The number of pyridine rings is 1. The number of fused-ring (bicyclic) bond motifs is 1. The Bertz CT molecular complexity index is 853. The van der Waals surface area contributed by atoms with Crippen molar-refractivity contribution in [1.29, 1.82) is 0 Å². The van der Waals surface area contributed by atoms with Crippen LogP contribution in [0.2, 0.25) is 0 Å². The number of carbonyl (C=O) groups excluding carboxylic acids is 1. The lowest BCUT2D eigenvalue weighted by molar-refractivity contribution is 0.0695. The lowest BCUT2D eigenvalue weighted by Gasteiger charge is -2.32. The van der Waals surface area contributed by atoms with E-state index >= 15 is 0 Å². The third-order valence-corrected chi connectivity index (χ3v) is 4.30. The monoisotopic (exact) mass is 311 g/mol. The number of aryl methyl sites for hydroxylation is 1. The van der Waals surface area contributed by atoms with E-state index in [1.807, 2.05) is 17.0 Å². The van der Waals surface area contributed by atoms with Gasteiger partial charge in [0, 0.05) is 36.2 Å². The zero-order valence-electron chi connectivity index (χ0n) is 12.8. The van der Waals surface area contributed by atoms with Crippen molar-refractivity contribution in [1.82, 2.24) is 25.2 Å². The fraction of sp³-hybridized carbons (Fsp3) is 0.375. The Labute approximate surface area is 132 Å². The first-order chi connectivity index (χ1) is 11.2. The van der Waals surface area contributed by atoms with Gasteiger partial charge in [-0.15, -0.1) is 0 Å². The summed E-state index contributed by atoms with van der Waals surface area (Å²) in [5, 5.41) is 11.7. The van der Waals surface area contributed by atoms with Gasteiger partial charge in [-0.05, 0) is 31.9 Å². The zero-order chi connectivity index (χ0) is 15.8. The van der Waals surface area contributed by atoms with E-state index in [4.69, 9.17) is 4.52 Å². The Morgan fingerprint density at radius 1 is 1.43 bits per heavy atom. The summed E-state index contributed by atoms with van der Waals surface area (Å²) in [6.07, 6.45) is 3.74. The molecule has 1 saturated heterocycles. The van der Waals surface area contributed by atoms with E-state index in [9.17, 15) is 4.79 Å². The highest BCUT2D eigenvalue weighted by molar-refractivity contribution is 5.92. The summed E-state index contributed by atoms with van der Waals surface area (Å²) in [7, 11) is 0. The highest BCUT2D eigenvalue weighted by atomic mass is 16.5. The van der Waals surface area contributed by atoms with Crippen LogP contribution < -0.4 is 0 Å². The van der Waals surface area contributed by atoms with Crippen LogP contribution in [0.3, 0.4) is 0 Å². The highest BCUT2D eigenvalue weighted by Gasteiger charge is 2.28. The number of aromatic amines is 1. The fourth-order valence-electron chi connectivity index (χ4n) is 3.10. The summed E-state index contributed by atoms with van der Waals surface area (Å²) in [4.78, 5) is 19.0. The standard InChI is InChI=1S/C16H17N5O2/c1-10-7-14(20-23-10)16(22)21-6-2-3-12(9-21)13-5-4-11-8-17-19-15(11)18-13/h4-5,7-8,12H,2-3,6,9H2,1H3,(H,17,18,19)/t12-/m1/s1. The minimum absolute atomic E-state index is 0.0748. The minimum atomic E-state index is -0.0748. The fourth-order valence-corrected chi connectivity index (χ4v) is 3.10. The van der Waals surface area contributed by atoms with Crippen LogP contribution in [0, 0.1) is 6.92 Å². The number of carbonyl (C=O) groups is 1. The van der Waals surface area contributed by atoms with Gasteiger partial charge in [-0.1, -0.05) is 5.16 Å². The molecule has 3 aromatic heterocycles. The molecule has 1 amide bonds. The van der Waals surface area contributed by atoms with Gasteiger partial charge >= 0.3 is 0 Å². The normalized spacial score (nSPS) is 18.5. The third kappa shape index (κ3) is 2.58. The topological polar surface area (TPSA) is 87.9 Å². The van der Waals surface area contributed by atoms with Crippen LogP contribution in [0.4, 0.5) is 0 Å². The summed E-state index contributed by atoms with van der Waals surface area (Å²) < 4.78 is 5.01. The number of H-pyrrole nitrogens is 1. The number of hydrogen-bond donors (Lipinski definition) is 1. The molecule has 1 fully saturated rings. The molecule has 0 spiro atoms. The molecule has 4 heterocycles. The predicted molar refractivity (Wildman–Crippen MR) is 83.0 cm³/mol. The molecule has 0 saturated carbocycles. The quantitative estimate of drug-likeness (QED) is 0.784. The van der Waals surface area contributed by atoms with Crippen molar-refractivity contribution in [2.45, 2.75) is 25.7 Å². The van der Waals surface area contributed by atoms with Crippen LogP contribution >= 0.6 is 0 Å². The van der Waals surface area contributed by atoms with Gasteiger partial charge in [0.25, 0.3) is 5.91 Å². The molecule has 7 nitrogen and oxygen atoms in total. The molecule has 3 aromatic rings. The van der Waals surface area contributed by atoms with Gasteiger partial charge in [-0.2, -0.15) is 5.10 Å². The van der Waals surface area contributed by atoms with Crippen molar-refractivity contribution in [2.75, 3.05) is 13.1 Å². The molecule has 4 rings (SSSR count). The van der Waals surface area contributed by atoms with Crippen LogP contribution in [0.15, 0.2) is 28.9 Å². The number of nitrogens with zero attached hydrogens (tertiary/aromatic N) is 4. The predicted octanol–water partition coefficient (Wildman–Crippen LogP) is 2.27. The molecule has 0 radical (unpaired) electrons. The molecule has 0 unspecified atom stereocenters. The van der Waals surface area contributed by atoms with Crippen LogP contribution in [0.1, 0.15) is 40.7 Å². The van der Waals surface area contributed by atoms with Crippen LogP contribution in [0.5, 0.6) is 0 Å². The summed E-state index contributed by atoms with van der Waals surface area (Å²) in [5.74, 6) is 0.802. The second-order valence-corrected chi connectivity index (χ2v) is 5.96. The number of aromatic nitrogens is 4. The van der Waals surface area contributed by atoms with Crippen molar-refractivity contribution >= 4 is 16.9 Å². The smallest absolute Gasteiger partial charge is 0.276 e. The molecular formula is C16H17N5O2. The van der Waals surface area contributed by atoms with E-state index in [0.717, 1.165) is 36.1 Å². The SMILES string of the molecule is Cc1cc(C(=O)N2CCC[C@@H](c3ccc4cn[nH]c4n3)C2)no1. The van der Waals surface area contributed by atoms with Gasteiger partial charge < -0.3 is 9.42 Å². The van der Waals surface area contributed by atoms with E-state index in [1.165, 1.54) is 0 Å². The van der Waals surface area contributed by atoms with Crippen LogP contribution in [-0.4, -0.2) is 44.2 Å². The van der Waals surface area contributed by atoms with Gasteiger partial charge in [-0.3, -0.25) is 9.89 Å². The second kappa shape index (κ2) is 5.49. The Morgan fingerprint density at radius 2 is 2.35 bits per heavy atom. The molecule has 118 valence electrons. The number of nitrogens with one attached hydrogen (secondary N) is 1. The second-order valence-electron chi connectivity index (χ2n) is 5.96. The Morgan fingerprint density at radius 3 is 3.17 bits per heavy atom. The van der Waals surface area contributed by atoms with Crippen molar-refractivity contribution in [3.63, 3.8) is 0 Å². The maximum Gasteiger partial charge on any atom is 0.276 e. The molecule has 7 heteroatoms. The van der Waals surface area contributed by atoms with E-state index in [-0.39, 0.29) is 11.8 Å². The van der Waals surface area contributed by atoms with E-state index in [0.29, 0.717) is 18.0 Å². The van der Waals surface area contributed by atoms with Crippen molar-refractivity contribution in [3.8, 4) is 0 Å². The van der Waals surface area contributed by atoms with Gasteiger partial charge in [-0.25, -0.2) is 4.98 Å². The summed E-state index contributed by atoms with van der Waals surface area (Å²) >= 11 is 0. The molecular weight excluding hydrogens is 294 g/mol. The number of hydrogen-bond acceptors (Lipinski definition) is 5. The van der Waals surface area contributed by atoms with Gasteiger partial charge in [0.15, 0.2) is 11.3 Å². The Balaban J connectivity index is 1.55. The largest absolute Gasteiger partial charge is 0.361 e. The molecule has 0 aromatic carbocycles. The number of likely N-dealkylation sites (tertiary alicyclic amines) is 1. The van der Waals surface area contributed by atoms with Crippen LogP contribution in [-0.2, 0) is 0 Å². The molecule has 23 heavy (non-hydrogen) atoms. The van der Waals surface area contributed by atoms with Gasteiger partial charge in [0.05, 0.1) is 6.20 Å². The number of rotatable bonds is 2. The molecule has 0 aliphatic carbocycles. The van der Waals surface area contributed by atoms with Gasteiger partial charge in [0.2, 0.25) is 0 Å². The third-order valence-electron chi connectivity index (χ3n) is 4.30. The molecule has 1 aliphatic heterocycles. The Hall–Kier alpha value is -2.70. The number of amides is 1. The summed E-state index contributed by atoms with van der Waals surface area (Å²) in [5.41, 5.74) is 2.16. The van der Waals surface area contributed by atoms with E-state index < -0.39 is 0 Å². The average molecular weight is 311 g/mol. The lowest BCUT2D eigenvalue weighted by Crippen LogP contribution is -2.39. The van der Waals surface area contributed by atoms with Crippen molar-refractivity contribution in [2.24, 2.45) is 0 Å². The molecule has 1 atom stereocenters. The average Bonchev–Trinajstić information content (AvgIpc) is 3.22. The van der Waals surface area contributed by atoms with E-state index in [2.05, 4.69) is 20.3 Å². The van der Waals surface area contributed by atoms with E-state index in [1.54, 1.807) is 19.2 Å².